The van der Waals surface area contributed by atoms with Crippen LogP contribution in [0, 0.1) is 6.92 Å². The monoisotopic (exact) mass is 435 g/mol. The normalized spacial score (nSPS) is 11.3. The molecule has 0 radical (unpaired) electrons. The van der Waals surface area contributed by atoms with E-state index in [2.05, 4.69) is 57.0 Å². The Morgan fingerprint density at radius 3 is 2.47 bits per heavy atom. The van der Waals surface area contributed by atoms with Gasteiger partial charge in [0.2, 0.25) is 0 Å². The quantitative estimate of drug-likeness (QED) is 0.290. The molecule has 0 aliphatic carbocycles. The van der Waals surface area contributed by atoms with Crippen LogP contribution in [0.25, 0.3) is 0 Å². The molecule has 8 nitrogen and oxygen atoms in total. The average Bonchev–Trinajstić information content (AvgIpc) is 3.16. The number of ether oxygens (including phenoxy) is 1. The molecule has 0 unspecified atom stereocenters. The van der Waals surface area contributed by atoms with E-state index in [1.807, 2.05) is 48.9 Å². The van der Waals surface area contributed by atoms with Gasteiger partial charge in [-0.15, -0.1) is 10.2 Å². The minimum Gasteiger partial charge on any atom is -0.497 e. The Labute approximate surface area is 190 Å². The second kappa shape index (κ2) is 11.7. The standard InChI is InChI=1S/C24H33N7O/c1-19-28-29-23(31(19)3)18-27-24(26-17-20-11-13-22(32-4)14-12-20)25-15-8-16-30(2)21-9-6-5-7-10-21/h5-7,9-14H,8,15-18H2,1-4H3,(H2,25,26,27). The number of nitrogens with one attached hydrogen (secondary N) is 2. The topological polar surface area (TPSA) is 79.6 Å². The van der Waals surface area contributed by atoms with E-state index >= 15 is 0 Å². The predicted molar refractivity (Wildman–Crippen MR) is 129 cm³/mol. The number of anilines is 1. The lowest BCUT2D eigenvalue weighted by atomic mass is 10.2. The maximum Gasteiger partial charge on any atom is 0.191 e. The Hall–Kier alpha value is -3.55. The summed E-state index contributed by atoms with van der Waals surface area (Å²) in [4.78, 5) is 7.01. The molecule has 1 heterocycles. The van der Waals surface area contributed by atoms with Gasteiger partial charge in [0.15, 0.2) is 11.8 Å². The maximum atomic E-state index is 5.23. The number of aliphatic imine (C=N–C) groups is 1. The number of guanidine groups is 1. The first-order valence-electron chi connectivity index (χ1n) is 10.8. The fourth-order valence-electron chi connectivity index (χ4n) is 3.18. The third kappa shape index (κ3) is 6.73. The van der Waals surface area contributed by atoms with Gasteiger partial charge in [-0.1, -0.05) is 30.3 Å². The van der Waals surface area contributed by atoms with Gasteiger partial charge in [-0.25, -0.2) is 4.99 Å². The lowest BCUT2D eigenvalue weighted by Crippen LogP contribution is -2.39. The van der Waals surface area contributed by atoms with Crippen LogP contribution < -0.4 is 20.3 Å². The van der Waals surface area contributed by atoms with Crippen molar-refractivity contribution in [2.75, 3.05) is 32.1 Å². The summed E-state index contributed by atoms with van der Waals surface area (Å²) in [6, 6.07) is 18.4. The van der Waals surface area contributed by atoms with E-state index < -0.39 is 0 Å². The first-order chi connectivity index (χ1) is 15.6. The zero-order chi connectivity index (χ0) is 22.8. The molecular formula is C24H33N7O. The summed E-state index contributed by atoms with van der Waals surface area (Å²) in [5, 5.41) is 15.2. The van der Waals surface area contributed by atoms with Gasteiger partial charge in [-0.2, -0.15) is 0 Å². The van der Waals surface area contributed by atoms with Crippen molar-refractivity contribution in [3.05, 3.63) is 71.8 Å². The smallest absolute Gasteiger partial charge is 0.191 e. The Balaban J connectivity index is 1.56. The molecule has 0 bridgehead atoms. The highest BCUT2D eigenvalue weighted by Crippen LogP contribution is 2.12. The van der Waals surface area contributed by atoms with Crippen molar-refractivity contribution in [1.82, 2.24) is 25.4 Å². The van der Waals surface area contributed by atoms with E-state index in [1.54, 1.807) is 7.11 Å². The molecule has 0 aliphatic rings. The molecule has 1 aromatic heterocycles. The molecule has 3 aromatic rings. The van der Waals surface area contributed by atoms with Crippen LogP contribution in [0.5, 0.6) is 5.75 Å². The largest absolute Gasteiger partial charge is 0.497 e. The highest BCUT2D eigenvalue weighted by Gasteiger charge is 2.07. The number of aryl methyl sites for hydroxylation is 1. The third-order valence-corrected chi connectivity index (χ3v) is 5.34. The fraction of sp³-hybridized carbons (Fsp3) is 0.375. The van der Waals surface area contributed by atoms with Gasteiger partial charge in [0, 0.05) is 32.9 Å². The lowest BCUT2D eigenvalue weighted by Gasteiger charge is -2.19. The van der Waals surface area contributed by atoms with Crippen LogP contribution in [0.4, 0.5) is 5.69 Å². The fourth-order valence-corrected chi connectivity index (χ4v) is 3.18. The molecular weight excluding hydrogens is 402 g/mol. The highest BCUT2D eigenvalue weighted by molar-refractivity contribution is 5.79. The first-order valence-corrected chi connectivity index (χ1v) is 10.8. The number of hydrogen-bond donors (Lipinski definition) is 2. The average molecular weight is 436 g/mol. The molecule has 0 fully saturated rings. The SMILES string of the molecule is COc1ccc(CN=C(NCCCN(C)c2ccccc2)NCc2nnc(C)n2C)cc1. The summed E-state index contributed by atoms with van der Waals surface area (Å²) in [6.07, 6.45) is 0.984. The molecule has 32 heavy (non-hydrogen) atoms. The number of para-hydroxylation sites is 1. The van der Waals surface area contributed by atoms with Crippen molar-refractivity contribution in [3.63, 3.8) is 0 Å². The maximum absolute atomic E-state index is 5.23. The Bertz CT molecular complexity index is 983. The highest BCUT2D eigenvalue weighted by atomic mass is 16.5. The van der Waals surface area contributed by atoms with Crippen molar-refractivity contribution < 1.29 is 4.74 Å². The summed E-state index contributed by atoms with van der Waals surface area (Å²) < 4.78 is 7.21. The Morgan fingerprint density at radius 2 is 1.81 bits per heavy atom. The first kappa shape index (κ1) is 23.1. The van der Waals surface area contributed by atoms with Crippen molar-refractivity contribution >= 4 is 11.6 Å². The molecule has 8 heteroatoms. The molecule has 2 N–H and O–H groups in total. The summed E-state index contributed by atoms with van der Waals surface area (Å²) in [5.74, 6) is 3.35. The van der Waals surface area contributed by atoms with Crippen LogP contribution >= 0.6 is 0 Å². The van der Waals surface area contributed by atoms with Crippen LogP contribution in [0.15, 0.2) is 59.6 Å². The summed E-state index contributed by atoms with van der Waals surface area (Å²) in [7, 11) is 5.75. The number of methoxy groups -OCH3 is 1. The van der Waals surface area contributed by atoms with Gasteiger partial charge >= 0.3 is 0 Å². The van der Waals surface area contributed by atoms with Crippen LogP contribution in [-0.4, -0.2) is 48.0 Å². The predicted octanol–water partition coefficient (Wildman–Crippen LogP) is 2.89. The van der Waals surface area contributed by atoms with E-state index in [0.29, 0.717) is 13.1 Å². The van der Waals surface area contributed by atoms with E-state index in [-0.39, 0.29) is 0 Å². The number of nitrogens with zero attached hydrogens (tertiary/aromatic N) is 5. The van der Waals surface area contributed by atoms with E-state index in [9.17, 15) is 0 Å². The summed E-state index contributed by atoms with van der Waals surface area (Å²) >= 11 is 0. The minimum absolute atomic E-state index is 0.551. The number of rotatable bonds is 10. The van der Waals surface area contributed by atoms with Crippen molar-refractivity contribution in [2.45, 2.75) is 26.4 Å². The van der Waals surface area contributed by atoms with Crippen LogP contribution in [0.1, 0.15) is 23.6 Å². The molecule has 0 saturated heterocycles. The van der Waals surface area contributed by atoms with Crippen LogP contribution in [0.3, 0.4) is 0 Å². The van der Waals surface area contributed by atoms with Gasteiger partial charge in [0.05, 0.1) is 20.2 Å². The molecule has 0 saturated carbocycles. The van der Waals surface area contributed by atoms with Crippen LogP contribution in [-0.2, 0) is 20.1 Å². The second-order valence-corrected chi connectivity index (χ2v) is 7.63. The number of hydrogen-bond acceptors (Lipinski definition) is 5. The molecule has 3 rings (SSSR count). The van der Waals surface area contributed by atoms with E-state index in [0.717, 1.165) is 48.4 Å². The number of aromatic nitrogens is 3. The second-order valence-electron chi connectivity index (χ2n) is 7.63. The minimum atomic E-state index is 0.551. The molecule has 0 amide bonds. The third-order valence-electron chi connectivity index (χ3n) is 5.34. The zero-order valence-electron chi connectivity index (χ0n) is 19.4. The van der Waals surface area contributed by atoms with E-state index in [4.69, 9.17) is 9.73 Å². The molecule has 2 aromatic carbocycles. The molecule has 0 atom stereocenters. The molecule has 0 aliphatic heterocycles. The summed E-state index contributed by atoms with van der Waals surface area (Å²) in [6.45, 7) is 4.82. The molecule has 0 spiro atoms. The van der Waals surface area contributed by atoms with Gasteiger partial charge in [-0.3, -0.25) is 0 Å². The van der Waals surface area contributed by atoms with Gasteiger partial charge in [0.1, 0.15) is 11.6 Å². The van der Waals surface area contributed by atoms with Gasteiger partial charge in [-0.05, 0) is 43.2 Å². The van der Waals surface area contributed by atoms with E-state index in [1.165, 1.54) is 5.69 Å². The molecule has 170 valence electrons. The van der Waals surface area contributed by atoms with Crippen molar-refractivity contribution in [1.29, 1.82) is 0 Å². The van der Waals surface area contributed by atoms with Crippen LogP contribution in [0.2, 0.25) is 0 Å². The zero-order valence-corrected chi connectivity index (χ0v) is 19.4. The summed E-state index contributed by atoms with van der Waals surface area (Å²) in [5.41, 5.74) is 2.34. The van der Waals surface area contributed by atoms with Gasteiger partial charge in [0.25, 0.3) is 0 Å². The van der Waals surface area contributed by atoms with Crippen molar-refractivity contribution in [2.24, 2.45) is 12.0 Å². The Morgan fingerprint density at radius 1 is 1.06 bits per heavy atom. The Kier molecular flexibility index (Phi) is 8.48. The van der Waals surface area contributed by atoms with Gasteiger partial charge < -0.3 is 24.8 Å². The number of benzene rings is 2. The van der Waals surface area contributed by atoms with Crippen molar-refractivity contribution in [3.8, 4) is 5.75 Å². The lowest BCUT2D eigenvalue weighted by molar-refractivity contribution is 0.414.